The van der Waals surface area contributed by atoms with Gasteiger partial charge in [0.15, 0.2) is 6.20 Å². The number of aryl methyl sites for hydroxylation is 2. The lowest BCUT2D eigenvalue weighted by atomic mass is 9.83. The molecule has 1 spiro atoms. The Labute approximate surface area is 127 Å². The van der Waals surface area contributed by atoms with Crippen LogP contribution in [0.3, 0.4) is 0 Å². The van der Waals surface area contributed by atoms with Gasteiger partial charge < -0.3 is 0 Å². The third-order valence-corrected chi connectivity index (χ3v) is 5.67. The van der Waals surface area contributed by atoms with Gasteiger partial charge in [0.2, 0.25) is 5.69 Å². The smallest absolute Gasteiger partial charge is 0.201 e. The summed E-state index contributed by atoms with van der Waals surface area (Å²) in [6, 6.07) is 11.2. The van der Waals surface area contributed by atoms with Gasteiger partial charge in [-0.2, -0.15) is 0 Å². The van der Waals surface area contributed by atoms with E-state index in [1.54, 1.807) is 11.1 Å². The topological polar surface area (TPSA) is 3.88 Å². The summed E-state index contributed by atoms with van der Waals surface area (Å²) >= 11 is 0. The molecule has 0 unspecified atom stereocenters. The largest absolute Gasteiger partial charge is 0.212 e. The third-order valence-electron chi connectivity index (χ3n) is 5.67. The number of hydrogen-bond acceptors (Lipinski definition) is 0. The molecule has 0 radical (unpaired) electrons. The number of rotatable bonds is 1. The van der Waals surface area contributed by atoms with Gasteiger partial charge in [-0.3, -0.25) is 0 Å². The van der Waals surface area contributed by atoms with E-state index in [0.29, 0.717) is 5.41 Å². The SMILES string of the molecule is Cc1ccccc1-c1cc2c(c[n+]1C)CC1(CCCC1)C2. The molecule has 0 bridgehead atoms. The minimum Gasteiger partial charge on any atom is -0.201 e. The third kappa shape index (κ3) is 2.10. The van der Waals surface area contributed by atoms with Crippen LogP contribution in [0.2, 0.25) is 0 Å². The van der Waals surface area contributed by atoms with Gasteiger partial charge in [-0.05, 0) is 55.2 Å². The zero-order chi connectivity index (χ0) is 14.4. The van der Waals surface area contributed by atoms with Crippen LogP contribution >= 0.6 is 0 Å². The van der Waals surface area contributed by atoms with Crippen molar-refractivity contribution >= 4 is 0 Å². The van der Waals surface area contributed by atoms with Gasteiger partial charge in [-0.15, -0.1) is 0 Å². The van der Waals surface area contributed by atoms with E-state index in [0.717, 1.165) is 0 Å². The van der Waals surface area contributed by atoms with E-state index in [4.69, 9.17) is 0 Å². The molecule has 2 aliphatic rings. The minimum atomic E-state index is 0.611. The van der Waals surface area contributed by atoms with E-state index in [-0.39, 0.29) is 0 Å². The zero-order valence-electron chi connectivity index (χ0n) is 13.2. The number of nitrogens with zero attached hydrogens (tertiary/aromatic N) is 1. The van der Waals surface area contributed by atoms with Crippen molar-refractivity contribution in [1.82, 2.24) is 0 Å². The fourth-order valence-electron chi connectivity index (χ4n) is 4.55. The second kappa shape index (κ2) is 4.69. The van der Waals surface area contributed by atoms with Crippen molar-refractivity contribution in [3.8, 4) is 11.3 Å². The van der Waals surface area contributed by atoms with E-state index in [1.165, 1.54) is 55.3 Å². The zero-order valence-corrected chi connectivity index (χ0v) is 13.2. The molecule has 1 saturated carbocycles. The Kier molecular flexibility index (Phi) is 2.92. The summed E-state index contributed by atoms with van der Waals surface area (Å²) in [6.45, 7) is 2.21. The first-order chi connectivity index (χ1) is 10.2. The molecule has 0 atom stereocenters. The number of benzene rings is 1. The first-order valence-electron chi connectivity index (χ1n) is 8.24. The molecule has 0 aliphatic heterocycles. The molecule has 1 heterocycles. The summed E-state index contributed by atoms with van der Waals surface area (Å²) in [5.74, 6) is 0. The van der Waals surface area contributed by atoms with Crippen molar-refractivity contribution in [3.05, 3.63) is 53.2 Å². The van der Waals surface area contributed by atoms with E-state index >= 15 is 0 Å². The Bertz CT molecular complexity index is 693. The van der Waals surface area contributed by atoms with Crippen LogP contribution < -0.4 is 4.57 Å². The van der Waals surface area contributed by atoms with Gasteiger partial charge in [0.1, 0.15) is 7.05 Å². The quantitative estimate of drug-likeness (QED) is 0.690. The predicted octanol–water partition coefficient (Wildman–Crippen LogP) is 4.15. The summed E-state index contributed by atoms with van der Waals surface area (Å²) in [6.07, 6.45) is 10.8. The van der Waals surface area contributed by atoms with E-state index < -0.39 is 0 Å². The molecule has 0 N–H and O–H groups in total. The van der Waals surface area contributed by atoms with E-state index in [9.17, 15) is 0 Å². The van der Waals surface area contributed by atoms with Gasteiger partial charge in [-0.25, -0.2) is 4.57 Å². The summed E-state index contributed by atoms with van der Waals surface area (Å²) in [5, 5.41) is 0. The van der Waals surface area contributed by atoms with Crippen molar-refractivity contribution in [2.45, 2.75) is 45.4 Å². The van der Waals surface area contributed by atoms with Crippen molar-refractivity contribution in [2.75, 3.05) is 0 Å². The monoisotopic (exact) mass is 278 g/mol. The van der Waals surface area contributed by atoms with Gasteiger partial charge in [0, 0.05) is 17.2 Å². The van der Waals surface area contributed by atoms with Crippen molar-refractivity contribution in [1.29, 1.82) is 0 Å². The number of pyridine rings is 1. The summed E-state index contributed by atoms with van der Waals surface area (Å²) in [4.78, 5) is 0. The van der Waals surface area contributed by atoms with Crippen molar-refractivity contribution in [3.63, 3.8) is 0 Å². The molecular formula is C20H24N+. The average Bonchev–Trinajstić information content (AvgIpc) is 3.05. The molecule has 21 heavy (non-hydrogen) atoms. The lowest BCUT2D eigenvalue weighted by Gasteiger charge is -2.21. The van der Waals surface area contributed by atoms with Gasteiger partial charge in [0.25, 0.3) is 0 Å². The Morgan fingerprint density at radius 3 is 2.48 bits per heavy atom. The lowest BCUT2D eigenvalue weighted by Crippen LogP contribution is -2.31. The molecule has 2 aliphatic carbocycles. The molecule has 0 amide bonds. The van der Waals surface area contributed by atoms with Crippen LogP contribution in [-0.2, 0) is 19.9 Å². The van der Waals surface area contributed by atoms with E-state index in [1.807, 2.05) is 0 Å². The van der Waals surface area contributed by atoms with Crippen LogP contribution in [0.15, 0.2) is 36.5 Å². The molecule has 0 saturated heterocycles. The molecule has 4 rings (SSSR count). The average molecular weight is 278 g/mol. The lowest BCUT2D eigenvalue weighted by molar-refractivity contribution is -0.660. The maximum absolute atomic E-state index is 2.46. The van der Waals surface area contributed by atoms with E-state index in [2.05, 4.69) is 55.1 Å². The van der Waals surface area contributed by atoms with Crippen molar-refractivity contribution in [2.24, 2.45) is 12.5 Å². The molecule has 1 aromatic carbocycles. The Morgan fingerprint density at radius 1 is 1.00 bits per heavy atom. The molecule has 1 heteroatoms. The first kappa shape index (κ1) is 13.1. The molecule has 2 aromatic rings. The Morgan fingerprint density at radius 2 is 1.71 bits per heavy atom. The fraction of sp³-hybridized carbons (Fsp3) is 0.450. The van der Waals surface area contributed by atoms with Gasteiger partial charge in [0.05, 0.1) is 0 Å². The van der Waals surface area contributed by atoms with Crippen LogP contribution in [0.5, 0.6) is 0 Å². The molecular weight excluding hydrogens is 254 g/mol. The van der Waals surface area contributed by atoms with Crippen molar-refractivity contribution < 1.29 is 4.57 Å². The number of aromatic nitrogens is 1. The standard InChI is InChI=1S/C20H24N/c1-15-7-3-4-8-18(15)19-11-16-12-20(9-5-6-10-20)13-17(16)14-21(19)2/h3-4,7-8,11,14H,5-6,9-10,12-13H2,1-2H3/q+1. The number of hydrogen-bond donors (Lipinski definition) is 0. The van der Waals surface area contributed by atoms with Crippen LogP contribution in [0.4, 0.5) is 0 Å². The molecule has 108 valence electrons. The van der Waals surface area contributed by atoms with Gasteiger partial charge in [-0.1, -0.05) is 31.0 Å². The normalized spacial score (nSPS) is 19.1. The van der Waals surface area contributed by atoms with Crippen LogP contribution in [0.25, 0.3) is 11.3 Å². The summed E-state index contributed by atoms with van der Waals surface area (Å²) in [5.41, 5.74) is 7.91. The number of fused-ring (bicyclic) bond motifs is 1. The highest BCUT2D eigenvalue weighted by atomic mass is 14.9. The highest BCUT2D eigenvalue weighted by molar-refractivity contribution is 5.62. The minimum absolute atomic E-state index is 0.611. The highest BCUT2D eigenvalue weighted by Crippen LogP contribution is 2.48. The fourth-order valence-corrected chi connectivity index (χ4v) is 4.55. The van der Waals surface area contributed by atoms with Crippen LogP contribution in [0, 0.1) is 12.3 Å². The molecule has 1 fully saturated rings. The van der Waals surface area contributed by atoms with Crippen LogP contribution in [0.1, 0.15) is 42.4 Å². The maximum atomic E-state index is 2.46. The van der Waals surface area contributed by atoms with Gasteiger partial charge >= 0.3 is 0 Å². The maximum Gasteiger partial charge on any atom is 0.212 e. The van der Waals surface area contributed by atoms with Crippen LogP contribution in [-0.4, -0.2) is 0 Å². The first-order valence-corrected chi connectivity index (χ1v) is 8.24. The molecule has 1 aromatic heterocycles. The predicted molar refractivity (Wildman–Crippen MR) is 86.1 cm³/mol. The molecule has 1 nitrogen and oxygen atoms in total. The summed E-state index contributed by atoms with van der Waals surface area (Å²) in [7, 11) is 2.20. The Balaban J connectivity index is 1.78. The Hall–Kier alpha value is -1.63. The second-order valence-electron chi connectivity index (χ2n) is 7.20. The highest BCUT2D eigenvalue weighted by Gasteiger charge is 2.41. The summed E-state index contributed by atoms with van der Waals surface area (Å²) < 4.78 is 2.33. The second-order valence-corrected chi connectivity index (χ2v) is 7.20.